The molecule has 2 aliphatic rings. The summed E-state index contributed by atoms with van der Waals surface area (Å²) in [6.07, 6.45) is 0. The van der Waals surface area contributed by atoms with Crippen molar-refractivity contribution in [2.75, 3.05) is 9.80 Å². The number of nitrogens with zero attached hydrogens (tertiary/aromatic N) is 2. The van der Waals surface area contributed by atoms with E-state index in [4.69, 9.17) is 0 Å². The molecule has 16 rings (SSSR count). The number of hydrogen-bond donors (Lipinski definition) is 0. The van der Waals surface area contributed by atoms with E-state index in [9.17, 15) is 0 Å². The van der Waals surface area contributed by atoms with E-state index in [2.05, 4.69) is 244 Å². The first-order valence-electron chi connectivity index (χ1n) is 25.0. The lowest BCUT2D eigenvalue weighted by atomic mass is 9.81. The van der Waals surface area contributed by atoms with E-state index in [1.807, 2.05) is 11.3 Å². The minimum atomic E-state index is -0.157. The molecule has 0 atom stereocenters. The van der Waals surface area contributed by atoms with Gasteiger partial charge in [0.1, 0.15) is 0 Å². The molecule has 0 bridgehead atoms. The summed E-state index contributed by atoms with van der Waals surface area (Å²) in [6.45, 7) is 9.61. The molecule has 0 radical (unpaired) electrons. The topological polar surface area (TPSA) is 6.48 Å². The van der Waals surface area contributed by atoms with Crippen molar-refractivity contribution in [2.45, 2.75) is 38.5 Å². The lowest BCUT2D eigenvalue weighted by Crippen LogP contribution is -2.17. The molecular weight excluding hydrogens is 877 g/mol. The Balaban J connectivity index is 0.950. The maximum absolute atomic E-state index is 2.56. The fraction of sp³-hybridized carbons (Fsp3) is 0.0882. The van der Waals surface area contributed by atoms with Gasteiger partial charge in [-0.15, -0.1) is 11.3 Å². The minimum absolute atomic E-state index is 0.138. The van der Waals surface area contributed by atoms with Crippen LogP contribution in [0.25, 0.3) is 95.6 Å². The normalized spacial score (nSPS) is 14.4. The van der Waals surface area contributed by atoms with Gasteiger partial charge in [0, 0.05) is 64.5 Å². The summed E-state index contributed by atoms with van der Waals surface area (Å²) in [5, 5.41) is 20.9. The number of hydrogen-bond acceptors (Lipinski definition) is 3. The molecule has 0 saturated carbocycles. The van der Waals surface area contributed by atoms with E-state index in [1.54, 1.807) is 0 Å². The Bertz CT molecular complexity index is 4650. The van der Waals surface area contributed by atoms with Crippen molar-refractivity contribution in [3.8, 4) is 0 Å². The first kappa shape index (κ1) is 39.6. The Morgan fingerprint density at radius 3 is 1.34 bits per heavy atom. The zero-order valence-corrected chi connectivity index (χ0v) is 40.7. The minimum Gasteiger partial charge on any atom is -0.310 e. The summed E-state index contributed by atoms with van der Waals surface area (Å²) in [5.74, 6) is 0. The third kappa shape index (κ3) is 5.21. The van der Waals surface area contributed by atoms with Crippen molar-refractivity contribution >= 4 is 141 Å². The van der Waals surface area contributed by atoms with Gasteiger partial charge in [-0.1, -0.05) is 161 Å². The zero-order chi connectivity index (χ0) is 47.1. The van der Waals surface area contributed by atoms with Crippen LogP contribution in [0, 0.1) is 0 Å². The maximum Gasteiger partial charge on any atom is 0.0540 e. The smallest absolute Gasteiger partial charge is 0.0540 e. The molecular formula is C68H46N2S. The third-order valence-electron chi connectivity index (χ3n) is 16.8. The number of benzene rings is 13. The summed E-state index contributed by atoms with van der Waals surface area (Å²) >= 11 is 1.88. The van der Waals surface area contributed by atoms with Crippen LogP contribution in [0.2, 0.25) is 0 Å². The van der Waals surface area contributed by atoms with Gasteiger partial charge in [-0.05, 0) is 160 Å². The van der Waals surface area contributed by atoms with Gasteiger partial charge >= 0.3 is 0 Å². The molecule has 2 aliphatic carbocycles. The molecule has 71 heavy (non-hydrogen) atoms. The van der Waals surface area contributed by atoms with Crippen LogP contribution >= 0.6 is 11.3 Å². The molecule has 1 aromatic heterocycles. The summed E-state index contributed by atoms with van der Waals surface area (Å²) in [6, 6.07) is 78.7. The Morgan fingerprint density at radius 2 is 0.746 bits per heavy atom. The molecule has 0 N–H and O–H groups in total. The van der Waals surface area contributed by atoms with Crippen molar-refractivity contribution in [3.63, 3.8) is 0 Å². The van der Waals surface area contributed by atoms with Crippen molar-refractivity contribution < 1.29 is 0 Å². The predicted octanol–water partition coefficient (Wildman–Crippen LogP) is 19.8. The lowest BCUT2D eigenvalue weighted by molar-refractivity contribution is 0.662. The molecule has 13 aromatic carbocycles. The summed E-state index contributed by atoms with van der Waals surface area (Å²) in [4.78, 5) is 5.07. The number of para-hydroxylation sites is 1. The quantitative estimate of drug-likeness (QED) is 0.153. The first-order chi connectivity index (χ1) is 34.7. The number of rotatable bonds is 6. The monoisotopic (exact) mass is 922 g/mol. The van der Waals surface area contributed by atoms with E-state index >= 15 is 0 Å². The Hall–Kier alpha value is -8.24. The molecule has 3 heteroatoms. The highest BCUT2D eigenvalue weighted by Crippen LogP contribution is 2.55. The molecule has 1 heterocycles. The van der Waals surface area contributed by atoms with Gasteiger partial charge in [-0.3, -0.25) is 0 Å². The predicted molar refractivity (Wildman–Crippen MR) is 307 cm³/mol. The summed E-state index contributed by atoms with van der Waals surface area (Å²) in [5.41, 5.74) is 12.3. The van der Waals surface area contributed by atoms with E-state index in [-0.39, 0.29) is 10.8 Å². The second kappa shape index (κ2) is 13.8. The average molecular weight is 923 g/mol. The van der Waals surface area contributed by atoms with Gasteiger partial charge in [-0.25, -0.2) is 0 Å². The molecule has 0 unspecified atom stereocenters. The van der Waals surface area contributed by atoms with Crippen LogP contribution in [0.4, 0.5) is 34.1 Å². The number of fused-ring (bicyclic) bond motifs is 3. The Kier molecular flexibility index (Phi) is 7.67. The van der Waals surface area contributed by atoms with E-state index in [0.717, 1.165) is 11.4 Å². The number of thiophene rings is 1. The SMILES string of the molecule is CC1(C)c2cccc3ccc4cc(N(c5ccccc5)c5ccc6ccc7c(N(c8cc9c%10c(ccc%11cccc(c%11%10)C9(C)C)c8)c8ccc9sc%10ccccc%10c9c8)ccc8ccc5c6c87)cc1c4c23. The average Bonchev–Trinajstić information content (AvgIpc) is 3.98. The molecule has 334 valence electrons. The highest BCUT2D eigenvalue weighted by atomic mass is 32.1. The largest absolute Gasteiger partial charge is 0.310 e. The fourth-order valence-corrected chi connectivity index (χ4v) is 14.6. The lowest BCUT2D eigenvalue weighted by Gasteiger charge is -2.31. The maximum atomic E-state index is 2.56. The molecule has 0 spiro atoms. The molecule has 0 aliphatic heterocycles. The van der Waals surface area contributed by atoms with Crippen molar-refractivity contribution in [1.82, 2.24) is 0 Å². The van der Waals surface area contributed by atoms with Gasteiger partial charge in [0.15, 0.2) is 0 Å². The fourth-order valence-electron chi connectivity index (χ4n) is 13.5. The molecule has 0 amide bonds. The molecule has 0 fully saturated rings. The second-order valence-corrected chi connectivity index (χ2v) is 22.3. The van der Waals surface area contributed by atoms with Crippen molar-refractivity contribution in [3.05, 3.63) is 229 Å². The summed E-state index contributed by atoms with van der Waals surface area (Å²) < 4.78 is 2.62. The van der Waals surface area contributed by atoms with Gasteiger partial charge < -0.3 is 9.80 Å². The van der Waals surface area contributed by atoms with Crippen molar-refractivity contribution in [1.29, 1.82) is 0 Å². The highest BCUT2D eigenvalue weighted by molar-refractivity contribution is 7.25. The van der Waals surface area contributed by atoms with Crippen LogP contribution in [0.15, 0.2) is 206 Å². The van der Waals surface area contributed by atoms with Gasteiger partial charge in [0.2, 0.25) is 0 Å². The van der Waals surface area contributed by atoms with E-state index < -0.39 is 0 Å². The molecule has 0 saturated heterocycles. The van der Waals surface area contributed by atoms with Crippen LogP contribution in [-0.2, 0) is 10.8 Å². The van der Waals surface area contributed by atoms with Crippen LogP contribution in [-0.4, -0.2) is 0 Å². The Labute approximate surface area is 415 Å². The first-order valence-corrected chi connectivity index (χ1v) is 25.8. The zero-order valence-electron chi connectivity index (χ0n) is 39.9. The number of anilines is 6. The molecule has 14 aromatic rings. The molecule has 2 nitrogen and oxygen atoms in total. The van der Waals surface area contributed by atoms with E-state index in [0.29, 0.717) is 0 Å². The van der Waals surface area contributed by atoms with Gasteiger partial charge in [-0.2, -0.15) is 0 Å². The summed E-state index contributed by atoms with van der Waals surface area (Å²) in [7, 11) is 0. The van der Waals surface area contributed by atoms with E-state index in [1.165, 1.54) is 141 Å². The van der Waals surface area contributed by atoms with Crippen LogP contribution in [0.3, 0.4) is 0 Å². The van der Waals surface area contributed by atoms with Crippen molar-refractivity contribution in [2.24, 2.45) is 0 Å². The third-order valence-corrected chi connectivity index (χ3v) is 18.0. The van der Waals surface area contributed by atoms with Crippen LogP contribution < -0.4 is 9.80 Å². The van der Waals surface area contributed by atoms with Gasteiger partial charge in [0.25, 0.3) is 0 Å². The van der Waals surface area contributed by atoms with Crippen LogP contribution in [0.5, 0.6) is 0 Å². The highest BCUT2D eigenvalue weighted by Gasteiger charge is 2.37. The van der Waals surface area contributed by atoms with Crippen LogP contribution in [0.1, 0.15) is 49.9 Å². The second-order valence-electron chi connectivity index (χ2n) is 21.2. The van der Waals surface area contributed by atoms with Gasteiger partial charge in [0.05, 0.1) is 11.4 Å². The standard InChI is InChI=1S/C68H46N2S/c1-67(2)53-17-10-12-39-20-22-43-34-47(37-55(67)65(43)63(39)53)69(45-14-6-5-7-15-45)57-31-26-41-25-30-51-58(32-27-42-24-29-50(57)61(41)62(42)51)70(46-28-33-60-52(36-46)49-16-8-9-19-59(49)71-60)48-35-44-23-21-40-13-11-18-54-64(40)66(44)56(38-48)68(54,3)4/h5-38H,1-4H3. The Morgan fingerprint density at radius 1 is 0.282 bits per heavy atom.